The van der Waals surface area contributed by atoms with Gasteiger partial charge in [0.2, 0.25) is 0 Å². The van der Waals surface area contributed by atoms with Gasteiger partial charge in [-0.3, -0.25) is 9.78 Å². The number of nitrogens with zero attached hydrogens (tertiary/aromatic N) is 1. The number of aryl methyl sites for hydroxylation is 2. The average molecular weight is 290 g/mol. The van der Waals surface area contributed by atoms with Crippen LogP contribution >= 0.6 is 0 Å². The first-order valence-corrected chi connectivity index (χ1v) is 7.43. The molecule has 0 aliphatic rings. The summed E-state index contributed by atoms with van der Waals surface area (Å²) in [5.41, 5.74) is 4.55. The summed E-state index contributed by atoms with van der Waals surface area (Å²) in [5, 5.41) is 3.97. The Bertz CT molecular complexity index is 840. The second kappa shape index (κ2) is 5.98. The third-order valence-electron chi connectivity index (χ3n) is 3.68. The molecular weight excluding hydrogens is 272 g/mol. The van der Waals surface area contributed by atoms with Crippen LogP contribution < -0.4 is 5.32 Å². The number of carbonyl (C=O) groups excluding carboxylic acids is 1. The van der Waals surface area contributed by atoms with Gasteiger partial charge >= 0.3 is 0 Å². The van der Waals surface area contributed by atoms with Gasteiger partial charge in [0.25, 0.3) is 5.91 Å². The van der Waals surface area contributed by atoms with Gasteiger partial charge in [0, 0.05) is 22.3 Å². The molecule has 1 heterocycles. The van der Waals surface area contributed by atoms with Crippen LogP contribution in [0.3, 0.4) is 0 Å². The van der Waals surface area contributed by atoms with E-state index in [1.807, 2.05) is 61.5 Å². The van der Waals surface area contributed by atoms with Crippen LogP contribution in [0.5, 0.6) is 0 Å². The van der Waals surface area contributed by atoms with E-state index in [2.05, 4.69) is 17.2 Å². The van der Waals surface area contributed by atoms with Crippen molar-refractivity contribution in [1.29, 1.82) is 0 Å². The maximum absolute atomic E-state index is 12.3. The maximum atomic E-state index is 12.3. The van der Waals surface area contributed by atoms with Crippen molar-refractivity contribution in [3.8, 4) is 0 Å². The molecule has 0 aliphatic heterocycles. The van der Waals surface area contributed by atoms with Crippen molar-refractivity contribution in [3.05, 3.63) is 71.4 Å². The monoisotopic (exact) mass is 290 g/mol. The molecule has 0 fully saturated rings. The van der Waals surface area contributed by atoms with Gasteiger partial charge in [-0.15, -0.1) is 0 Å². The lowest BCUT2D eigenvalue weighted by atomic mass is 10.1. The molecule has 3 nitrogen and oxygen atoms in total. The van der Waals surface area contributed by atoms with Gasteiger partial charge in [0.1, 0.15) is 0 Å². The smallest absolute Gasteiger partial charge is 0.255 e. The lowest BCUT2D eigenvalue weighted by Gasteiger charge is -2.08. The molecule has 0 bridgehead atoms. The van der Waals surface area contributed by atoms with Gasteiger partial charge in [0.05, 0.1) is 5.52 Å². The highest BCUT2D eigenvalue weighted by Gasteiger charge is 2.07. The number of benzene rings is 2. The van der Waals surface area contributed by atoms with Crippen LogP contribution in [0, 0.1) is 6.92 Å². The van der Waals surface area contributed by atoms with Crippen molar-refractivity contribution in [1.82, 2.24) is 4.98 Å². The van der Waals surface area contributed by atoms with Crippen molar-refractivity contribution in [2.45, 2.75) is 20.3 Å². The first-order chi connectivity index (χ1) is 10.7. The van der Waals surface area contributed by atoms with E-state index in [-0.39, 0.29) is 5.91 Å². The Morgan fingerprint density at radius 3 is 2.77 bits per heavy atom. The molecule has 0 saturated carbocycles. The van der Waals surface area contributed by atoms with E-state index in [1.54, 1.807) is 0 Å². The molecular formula is C19H18N2O. The van der Waals surface area contributed by atoms with Crippen molar-refractivity contribution >= 4 is 22.5 Å². The minimum Gasteiger partial charge on any atom is -0.322 e. The number of pyridine rings is 1. The summed E-state index contributed by atoms with van der Waals surface area (Å²) in [4.78, 5) is 16.8. The van der Waals surface area contributed by atoms with Crippen LogP contribution in [0.2, 0.25) is 0 Å². The molecule has 1 aromatic heterocycles. The van der Waals surface area contributed by atoms with Crippen LogP contribution in [-0.2, 0) is 6.42 Å². The topological polar surface area (TPSA) is 42.0 Å². The number of anilines is 1. The summed E-state index contributed by atoms with van der Waals surface area (Å²) in [7, 11) is 0. The van der Waals surface area contributed by atoms with E-state index >= 15 is 0 Å². The summed E-state index contributed by atoms with van der Waals surface area (Å²) in [6, 6.07) is 17.5. The SMILES string of the molecule is CCc1cccc(C(=O)Nc2ccc3nc(C)ccc3c2)c1. The molecule has 22 heavy (non-hydrogen) atoms. The third kappa shape index (κ3) is 2.98. The van der Waals surface area contributed by atoms with E-state index in [0.717, 1.165) is 34.3 Å². The van der Waals surface area contributed by atoms with Crippen molar-refractivity contribution in [2.75, 3.05) is 5.32 Å². The Hall–Kier alpha value is -2.68. The highest BCUT2D eigenvalue weighted by Crippen LogP contribution is 2.19. The molecule has 3 heteroatoms. The average Bonchev–Trinajstić information content (AvgIpc) is 2.55. The number of carbonyl (C=O) groups is 1. The fourth-order valence-electron chi connectivity index (χ4n) is 2.44. The van der Waals surface area contributed by atoms with Crippen LogP contribution in [-0.4, -0.2) is 10.9 Å². The zero-order valence-corrected chi connectivity index (χ0v) is 12.8. The van der Waals surface area contributed by atoms with Gasteiger partial charge in [-0.1, -0.05) is 25.1 Å². The lowest BCUT2D eigenvalue weighted by molar-refractivity contribution is 0.102. The summed E-state index contributed by atoms with van der Waals surface area (Å²) in [6.45, 7) is 4.05. The predicted molar refractivity (Wildman–Crippen MR) is 90.3 cm³/mol. The summed E-state index contributed by atoms with van der Waals surface area (Å²) in [6.07, 6.45) is 0.919. The van der Waals surface area contributed by atoms with E-state index in [0.29, 0.717) is 5.56 Å². The summed E-state index contributed by atoms with van der Waals surface area (Å²) < 4.78 is 0. The molecule has 0 spiro atoms. The number of aromatic nitrogens is 1. The van der Waals surface area contributed by atoms with Crippen molar-refractivity contribution in [3.63, 3.8) is 0 Å². The highest BCUT2D eigenvalue weighted by atomic mass is 16.1. The van der Waals surface area contributed by atoms with Gasteiger partial charge in [-0.2, -0.15) is 0 Å². The van der Waals surface area contributed by atoms with E-state index < -0.39 is 0 Å². The second-order valence-corrected chi connectivity index (χ2v) is 5.37. The number of nitrogens with one attached hydrogen (secondary N) is 1. The molecule has 110 valence electrons. The van der Waals surface area contributed by atoms with E-state index in [4.69, 9.17) is 0 Å². The molecule has 0 saturated heterocycles. The minimum absolute atomic E-state index is 0.0882. The van der Waals surface area contributed by atoms with Crippen molar-refractivity contribution < 1.29 is 4.79 Å². The Labute approximate surface area is 130 Å². The molecule has 2 aromatic carbocycles. The van der Waals surface area contributed by atoms with Gasteiger partial charge in [0.15, 0.2) is 0 Å². The Morgan fingerprint density at radius 2 is 1.95 bits per heavy atom. The zero-order chi connectivity index (χ0) is 15.5. The van der Waals surface area contributed by atoms with E-state index in [9.17, 15) is 4.79 Å². The fraction of sp³-hybridized carbons (Fsp3) is 0.158. The zero-order valence-electron chi connectivity index (χ0n) is 12.8. The molecule has 0 radical (unpaired) electrons. The normalized spacial score (nSPS) is 10.6. The third-order valence-corrected chi connectivity index (χ3v) is 3.68. The van der Waals surface area contributed by atoms with Crippen LogP contribution in [0.25, 0.3) is 10.9 Å². The summed E-state index contributed by atoms with van der Waals surface area (Å²) >= 11 is 0. The van der Waals surface area contributed by atoms with E-state index in [1.165, 1.54) is 0 Å². The van der Waals surface area contributed by atoms with Gasteiger partial charge in [-0.25, -0.2) is 0 Å². The number of rotatable bonds is 3. The highest BCUT2D eigenvalue weighted by molar-refractivity contribution is 6.05. The fourth-order valence-corrected chi connectivity index (χ4v) is 2.44. The van der Waals surface area contributed by atoms with Crippen LogP contribution in [0.1, 0.15) is 28.5 Å². The predicted octanol–water partition coefficient (Wildman–Crippen LogP) is 4.36. The van der Waals surface area contributed by atoms with Crippen molar-refractivity contribution in [2.24, 2.45) is 0 Å². The molecule has 0 aliphatic carbocycles. The molecule has 0 atom stereocenters. The van der Waals surface area contributed by atoms with Crippen LogP contribution in [0.15, 0.2) is 54.6 Å². The molecule has 0 unspecified atom stereocenters. The summed E-state index contributed by atoms with van der Waals surface area (Å²) in [5.74, 6) is -0.0882. The molecule has 3 aromatic rings. The number of hydrogen-bond donors (Lipinski definition) is 1. The standard InChI is InChI=1S/C19H18N2O/c1-3-14-5-4-6-16(11-14)19(22)21-17-9-10-18-15(12-17)8-7-13(2)20-18/h4-12H,3H2,1-2H3,(H,21,22). The number of fused-ring (bicyclic) bond motifs is 1. The molecule has 3 rings (SSSR count). The number of hydrogen-bond acceptors (Lipinski definition) is 2. The molecule has 1 N–H and O–H groups in total. The number of amides is 1. The minimum atomic E-state index is -0.0882. The largest absolute Gasteiger partial charge is 0.322 e. The first-order valence-electron chi connectivity index (χ1n) is 7.43. The Balaban J connectivity index is 1.85. The first kappa shape index (κ1) is 14.3. The molecule has 1 amide bonds. The van der Waals surface area contributed by atoms with Gasteiger partial charge < -0.3 is 5.32 Å². The Kier molecular flexibility index (Phi) is 3.88. The Morgan fingerprint density at radius 1 is 1.09 bits per heavy atom. The maximum Gasteiger partial charge on any atom is 0.255 e. The van der Waals surface area contributed by atoms with Gasteiger partial charge in [-0.05, 0) is 55.3 Å². The van der Waals surface area contributed by atoms with Crippen LogP contribution in [0.4, 0.5) is 5.69 Å². The lowest BCUT2D eigenvalue weighted by Crippen LogP contribution is -2.12. The quantitative estimate of drug-likeness (QED) is 0.778. The second-order valence-electron chi connectivity index (χ2n) is 5.37.